The summed E-state index contributed by atoms with van der Waals surface area (Å²) in [5, 5.41) is 11.6. The molecular weight excluding hydrogens is 452 g/mol. The van der Waals surface area contributed by atoms with Gasteiger partial charge in [-0.25, -0.2) is 4.79 Å². The molecule has 0 radical (unpaired) electrons. The fraction of sp³-hybridized carbons (Fsp3) is 0.308. The number of fused-ring (bicyclic) bond motifs is 3. The molecule has 2 aromatic rings. The molecule has 184 valence electrons. The highest BCUT2D eigenvalue weighted by molar-refractivity contribution is 5.89. The molecule has 2 amide bonds. The lowest BCUT2D eigenvalue weighted by atomic mass is 9.98. The van der Waals surface area contributed by atoms with Crippen LogP contribution in [0.15, 0.2) is 61.2 Å². The second-order valence-corrected chi connectivity index (χ2v) is 8.10. The van der Waals surface area contributed by atoms with Gasteiger partial charge >= 0.3 is 18.0 Å². The van der Waals surface area contributed by atoms with Gasteiger partial charge in [-0.1, -0.05) is 61.2 Å². The predicted octanol–water partition coefficient (Wildman–Crippen LogP) is 2.95. The number of likely N-dealkylation sites (N-methyl/N-ethyl adjacent to an activating group) is 1. The summed E-state index contributed by atoms with van der Waals surface area (Å²) in [5.41, 5.74) is 4.21. The van der Waals surface area contributed by atoms with Gasteiger partial charge in [-0.15, -0.1) is 0 Å². The summed E-state index contributed by atoms with van der Waals surface area (Å²) < 4.78 is 10.3. The van der Waals surface area contributed by atoms with Crippen molar-refractivity contribution in [3.63, 3.8) is 0 Å². The monoisotopic (exact) mass is 480 g/mol. The molecule has 0 saturated carbocycles. The van der Waals surface area contributed by atoms with E-state index in [0.29, 0.717) is 0 Å². The number of aliphatic carboxylic acids is 1. The molecule has 1 atom stereocenters. The van der Waals surface area contributed by atoms with Crippen LogP contribution in [0.4, 0.5) is 4.79 Å². The zero-order valence-electron chi connectivity index (χ0n) is 19.4. The number of esters is 1. The summed E-state index contributed by atoms with van der Waals surface area (Å²) in [4.78, 5) is 49.4. The molecule has 2 aromatic carbocycles. The van der Waals surface area contributed by atoms with Gasteiger partial charge < -0.3 is 24.8 Å². The number of carbonyl (C=O) groups is 4. The van der Waals surface area contributed by atoms with Crippen LogP contribution in [-0.4, -0.2) is 66.8 Å². The molecule has 0 unspecified atom stereocenters. The van der Waals surface area contributed by atoms with Crippen molar-refractivity contribution < 1.29 is 33.8 Å². The Balaban J connectivity index is 1.61. The van der Waals surface area contributed by atoms with Crippen molar-refractivity contribution in [2.45, 2.75) is 24.8 Å². The van der Waals surface area contributed by atoms with E-state index in [1.54, 1.807) is 0 Å². The first-order chi connectivity index (χ1) is 16.8. The van der Waals surface area contributed by atoms with Gasteiger partial charge in [0.1, 0.15) is 19.3 Å². The molecule has 1 aliphatic rings. The number of carboxylic acid groups (broad SMARTS) is 1. The summed E-state index contributed by atoms with van der Waals surface area (Å²) in [6.07, 6.45) is -0.187. The fourth-order valence-electron chi connectivity index (χ4n) is 4.02. The van der Waals surface area contributed by atoms with E-state index >= 15 is 0 Å². The van der Waals surface area contributed by atoms with E-state index in [0.717, 1.165) is 22.3 Å². The van der Waals surface area contributed by atoms with Crippen molar-refractivity contribution in [1.82, 2.24) is 10.2 Å². The van der Waals surface area contributed by atoms with Gasteiger partial charge in [0.15, 0.2) is 0 Å². The first-order valence-corrected chi connectivity index (χ1v) is 11.2. The van der Waals surface area contributed by atoms with Crippen LogP contribution in [0.25, 0.3) is 11.1 Å². The highest BCUT2D eigenvalue weighted by atomic mass is 16.5. The predicted molar refractivity (Wildman–Crippen MR) is 128 cm³/mol. The number of carbonyl (C=O) groups excluding carboxylic acids is 3. The Hall–Kier alpha value is -4.14. The van der Waals surface area contributed by atoms with E-state index < -0.39 is 36.4 Å². The highest BCUT2D eigenvalue weighted by Gasteiger charge is 2.31. The second kappa shape index (κ2) is 11.8. The van der Waals surface area contributed by atoms with E-state index in [1.165, 1.54) is 18.0 Å². The number of carboxylic acids is 1. The van der Waals surface area contributed by atoms with Crippen LogP contribution in [0, 0.1) is 0 Å². The van der Waals surface area contributed by atoms with Crippen molar-refractivity contribution >= 4 is 23.9 Å². The van der Waals surface area contributed by atoms with Gasteiger partial charge in [0.25, 0.3) is 0 Å². The molecule has 0 saturated heterocycles. The first-order valence-electron chi connectivity index (χ1n) is 11.2. The van der Waals surface area contributed by atoms with E-state index in [4.69, 9.17) is 9.47 Å². The molecule has 0 bridgehead atoms. The molecule has 0 spiro atoms. The Kier molecular flexibility index (Phi) is 8.61. The van der Waals surface area contributed by atoms with Gasteiger partial charge in [-0.3, -0.25) is 14.4 Å². The van der Waals surface area contributed by atoms with Gasteiger partial charge in [-0.2, -0.15) is 0 Å². The van der Waals surface area contributed by atoms with Gasteiger partial charge in [0.05, 0.1) is 12.8 Å². The average molecular weight is 481 g/mol. The number of amides is 2. The Morgan fingerprint density at radius 2 is 1.66 bits per heavy atom. The molecule has 35 heavy (non-hydrogen) atoms. The van der Waals surface area contributed by atoms with E-state index in [1.807, 2.05) is 48.5 Å². The quantitative estimate of drug-likeness (QED) is 0.375. The molecule has 0 aromatic heterocycles. The van der Waals surface area contributed by atoms with Crippen LogP contribution in [0.5, 0.6) is 0 Å². The molecule has 9 nitrogen and oxygen atoms in total. The zero-order chi connectivity index (χ0) is 25.4. The summed E-state index contributed by atoms with van der Waals surface area (Å²) >= 11 is 0. The van der Waals surface area contributed by atoms with Crippen LogP contribution in [-0.2, 0) is 23.9 Å². The van der Waals surface area contributed by atoms with Crippen molar-refractivity contribution in [2.75, 3.05) is 26.8 Å². The Morgan fingerprint density at radius 3 is 2.23 bits per heavy atom. The minimum atomic E-state index is -1.35. The lowest BCUT2D eigenvalue weighted by Crippen LogP contribution is -2.49. The minimum Gasteiger partial charge on any atom is -0.481 e. The number of alkyl carbamates (subject to hydrolysis) is 1. The molecule has 0 fully saturated rings. The van der Waals surface area contributed by atoms with E-state index in [9.17, 15) is 24.3 Å². The maximum atomic E-state index is 12.8. The number of ether oxygens (including phenoxy) is 2. The van der Waals surface area contributed by atoms with Crippen LogP contribution in [0.3, 0.4) is 0 Å². The van der Waals surface area contributed by atoms with E-state index in [-0.39, 0.29) is 32.1 Å². The topological polar surface area (TPSA) is 122 Å². The standard InChI is InChI=1S/C26H28N2O7/c1-3-14-34-24(31)12-13-28(2)25(32)22(15-23(29)30)27-26(33)35-16-21-19-10-6-4-8-17(19)18-9-5-7-11-20(18)21/h3-11,21-22H,1,12-16H2,2H3,(H,27,33)(H,29,30)/t22-/m0/s1. The minimum absolute atomic E-state index is 0.00268. The van der Waals surface area contributed by atoms with Crippen LogP contribution in [0.2, 0.25) is 0 Å². The molecule has 0 aliphatic heterocycles. The van der Waals surface area contributed by atoms with Gasteiger partial charge in [-0.05, 0) is 22.3 Å². The largest absolute Gasteiger partial charge is 0.481 e. The Labute approximate surface area is 203 Å². The molecule has 9 heteroatoms. The summed E-state index contributed by atoms with van der Waals surface area (Å²) in [5.74, 6) is -2.62. The Bertz CT molecular complexity index is 1070. The lowest BCUT2D eigenvalue weighted by Gasteiger charge is -2.23. The zero-order valence-corrected chi connectivity index (χ0v) is 19.4. The Morgan fingerprint density at radius 1 is 1.06 bits per heavy atom. The van der Waals surface area contributed by atoms with Crippen LogP contribution in [0.1, 0.15) is 29.9 Å². The number of nitrogens with one attached hydrogen (secondary N) is 1. The van der Waals surface area contributed by atoms with Crippen molar-refractivity contribution in [3.05, 3.63) is 72.3 Å². The fourth-order valence-corrected chi connectivity index (χ4v) is 4.02. The number of hydrogen-bond donors (Lipinski definition) is 2. The number of nitrogens with zero attached hydrogens (tertiary/aromatic N) is 1. The number of hydrogen-bond acceptors (Lipinski definition) is 6. The average Bonchev–Trinajstić information content (AvgIpc) is 3.17. The van der Waals surface area contributed by atoms with E-state index in [2.05, 4.69) is 11.9 Å². The third-order valence-electron chi connectivity index (χ3n) is 5.70. The lowest BCUT2D eigenvalue weighted by molar-refractivity contribution is -0.145. The number of rotatable bonds is 11. The summed E-state index contributed by atoms with van der Waals surface area (Å²) in [6.45, 7) is 3.53. The second-order valence-electron chi connectivity index (χ2n) is 8.10. The molecule has 3 rings (SSSR count). The SMILES string of the molecule is C=CCOC(=O)CCN(C)C(=O)[C@H](CC(=O)O)NC(=O)OCC1c2ccccc2-c2ccccc21. The van der Waals surface area contributed by atoms with Crippen molar-refractivity contribution in [2.24, 2.45) is 0 Å². The molecular formula is C26H28N2O7. The molecule has 2 N–H and O–H groups in total. The molecule has 1 aliphatic carbocycles. The maximum Gasteiger partial charge on any atom is 0.407 e. The molecule has 0 heterocycles. The normalized spacial score (nSPS) is 12.6. The summed E-state index contributed by atoms with van der Waals surface area (Å²) in [6, 6.07) is 14.4. The number of benzene rings is 2. The van der Waals surface area contributed by atoms with Crippen LogP contribution >= 0.6 is 0 Å². The third kappa shape index (κ3) is 6.47. The highest BCUT2D eigenvalue weighted by Crippen LogP contribution is 2.44. The third-order valence-corrected chi connectivity index (χ3v) is 5.70. The van der Waals surface area contributed by atoms with Gasteiger partial charge in [0, 0.05) is 19.5 Å². The smallest absolute Gasteiger partial charge is 0.407 e. The maximum absolute atomic E-state index is 12.8. The first kappa shape index (κ1) is 25.5. The van der Waals surface area contributed by atoms with Crippen molar-refractivity contribution in [3.8, 4) is 11.1 Å². The van der Waals surface area contributed by atoms with Crippen LogP contribution < -0.4 is 5.32 Å². The van der Waals surface area contributed by atoms with Gasteiger partial charge in [0.2, 0.25) is 5.91 Å². The van der Waals surface area contributed by atoms with Crippen molar-refractivity contribution in [1.29, 1.82) is 0 Å². The summed E-state index contributed by atoms with van der Waals surface area (Å²) in [7, 11) is 1.41.